The fourth-order valence-electron chi connectivity index (χ4n) is 0.995. The highest BCUT2D eigenvalue weighted by atomic mass is 16.1. The second-order valence-corrected chi connectivity index (χ2v) is 2.92. The normalized spacial score (nSPS) is 9.27. The Morgan fingerprint density at radius 2 is 2.40 bits per heavy atom. The molecule has 6 nitrogen and oxygen atoms in total. The van der Waals surface area contributed by atoms with Gasteiger partial charge in [0, 0.05) is 19.2 Å². The molecule has 1 heterocycles. The number of primary amides is 1. The molecule has 78 valence electrons. The number of hydrogen-bond donors (Lipinski definition) is 3. The van der Waals surface area contributed by atoms with Crippen molar-refractivity contribution in [2.75, 3.05) is 17.6 Å². The van der Waals surface area contributed by atoms with E-state index in [0.29, 0.717) is 23.6 Å². The summed E-state index contributed by atoms with van der Waals surface area (Å²) in [4.78, 5) is 14.4. The lowest BCUT2D eigenvalue weighted by atomic mass is 10.3. The number of carbonyl (C=O) groups is 1. The third-order valence-electron chi connectivity index (χ3n) is 1.71. The molecule has 0 saturated heterocycles. The van der Waals surface area contributed by atoms with Crippen LogP contribution in [0.4, 0.5) is 11.5 Å². The second kappa shape index (κ2) is 4.81. The van der Waals surface area contributed by atoms with Gasteiger partial charge in [-0.2, -0.15) is 5.26 Å². The Balaban J connectivity index is 2.63. The molecule has 1 amide bonds. The van der Waals surface area contributed by atoms with Gasteiger partial charge in [-0.25, -0.2) is 4.98 Å². The standard InChI is InChI=1S/C9H11N5O/c10-4-6-3-7(11)9(14-5-6)13-2-1-8(12)15/h3,5H,1-2,11H2,(H2,12,15)(H,13,14). The monoisotopic (exact) mass is 205 g/mol. The number of hydrogen-bond acceptors (Lipinski definition) is 5. The molecule has 0 atom stereocenters. The molecule has 0 aromatic carbocycles. The summed E-state index contributed by atoms with van der Waals surface area (Å²) in [6.45, 7) is 0.373. The molecule has 5 N–H and O–H groups in total. The van der Waals surface area contributed by atoms with Crippen molar-refractivity contribution in [3.05, 3.63) is 17.8 Å². The van der Waals surface area contributed by atoms with E-state index in [4.69, 9.17) is 16.7 Å². The highest BCUT2D eigenvalue weighted by Gasteiger charge is 2.02. The Hall–Kier alpha value is -2.29. The van der Waals surface area contributed by atoms with Crippen LogP contribution in [0.3, 0.4) is 0 Å². The van der Waals surface area contributed by atoms with Crippen LogP contribution < -0.4 is 16.8 Å². The third kappa shape index (κ3) is 3.15. The van der Waals surface area contributed by atoms with Gasteiger partial charge in [0.1, 0.15) is 11.9 Å². The van der Waals surface area contributed by atoms with Crippen LogP contribution in [0.2, 0.25) is 0 Å². The van der Waals surface area contributed by atoms with Crippen molar-refractivity contribution in [3.8, 4) is 6.07 Å². The average molecular weight is 205 g/mol. The zero-order valence-corrected chi connectivity index (χ0v) is 8.03. The molecule has 0 saturated carbocycles. The summed E-state index contributed by atoms with van der Waals surface area (Å²) in [6.07, 6.45) is 1.62. The van der Waals surface area contributed by atoms with Crippen LogP contribution in [-0.4, -0.2) is 17.4 Å². The Kier molecular flexibility index (Phi) is 3.46. The van der Waals surface area contributed by atoms with Gasteiger partial charge in [0.2, 0.25) is 5.91 Å². The molecule has 15 heavy (non-hydrogen) atoms. The van der Waals surface area contributed by atoms with Crippen molar-refractivity contribution in [1.82, 2.24) is 4.98 Å². The number of nitriles is 1. The first-order valence-corrected chi connectivity index (χ1v) is 4.31. The largest absolute Gasteiger partial charge is 0.396 e. The number of pyridine rings is 1. The third-order valence-corrected chi connectivity index (χ3v) is 1.71. The summed E-state index contributed by atoms with van der Waals surface area (Å²) in [5, 5.41) is 11.4. The predicted molar refractivity (Wildman–Crippen MR) is 55.7 cm³/mol. The molecule has 0 fully saturated rings. The molecule has 0 spiro atoms. The van der Waals surface area contributed by atoms with E-state index in [0.717, 1.165) is 0 Å². The van der Waals surface area contributed by atoms with Crippen LogP contribution in [0.25, 0.3) is 0 Å². The number of nitrogens with zero attached hydrogens (tertiary/aromatic N) is 2. The molecule has 6 heteroatoms. The van der Waals surface area contributed by atoms with Crippen molar-refractivity contribution in [2.24, 2.45) is 5.73 Å². The zero-order valence-electron chi connectivity index (χ0n) is 8.03. The quantitative estimate of drug-likeness (QED) is 0.630. The maximum Gasteiger partial charge on any atom is 0.219 e. The predicted octanol–water partition coefficient (Wildman–Crippen LogP) is -0.177. The Labute approximate surface area is 86.9 Å². The van der Waals surface area contributed by atoms with Gasteiger partial charge in [-0.3, -0.25) is 4.79 Å². The molecule has 0 radical (unpaired) electrons. The number of anilines is 2. The first-order chi connectivity index (χ1) is 7.13. The Morgan fingerprint density at radius 3 is 2.93 bits per heavy atom. The van der Waals surface area contributed by atoms with E-state index in [2.05, 4.69) is 10.3 Å². The van der Waals surface area contributed by atoms with E-state index in [9.17, 15) is 4.79 Å². The number of carbonyl (C=O) groups excluding carboxylic acids is 1. The number of amides is 1. The summed E-state index contributed by atoms with van der Waals surface area (Å²) < 4.78 is 0. The maximum absolute atomic E-state index is 10.5. The van der Waals surface area contributed by atoms with E-state index >= 15 is 0 Å². The lowest BCUT2D eigenvalue weighted by Gasteiger charge is -2.06. The Bertz CT molecular complexity index is 409. The maximum atomic E-state index is 10.5. The fourth-order valence-corrected chi connectivity index (χ4v) is 0.995. The van der Waals surface area contributed by atoms with Gasteiger partial charge in [-0.15, -0.1) is 0 Å². The number of nitrogen functional groups attached to an aromatic ring is 1. The van der Waals surface area contributed by atoms with E-state index in [1.807, 2.05) is 6.07 Å². The van der Waals surface area contributed by atoms with Gasteiger partial charge in [0.05, 0.1) is 11.3 Å². The number of nitrogens with one attached hydrogen (secondary N) is 1. The summed E-state index contributed by atoms with van der Waals surface area (Å²) >= 11 is 0. The van der Waals surface area contributed by atoms with Crippen molar-refractivity contribution in [3.63, 3.8) is 0 Å². The molecular formula is C9H11N5O. The zero-order chi connectivity index (χ0) is 11.3. The van der Waals surface area contributed by atoms with Crippen LogP contribution in [-0.2, 0) is 4.79 Å². The number of aromatic nitrogens is 1. The second-order valence-electron chi connectivity index (χ2n) is 2.92. The first kappa shape index (κ1) is 10.8. The minimum absolute atomic E-state index is 0.209. The molecule has 0 bridgehead atoms. The fraction of sp³-hybridized carbons (Fsp3) is 0.222. The van der Waals surface area contributed by atoms with Crippen molar-refractivity contribution in [2.45, 2.75) is 6.42 Å². The van der Waals surface area contributed by atoms with Crippen LogP contribution in [0.15, 0.2) is 12.3 Å². The summed E-state index contributed by atoms with van der Waals surface area (Å²) in [5.41, 5.74) is 11.4. The summed E-state index contributed by atoms with van der Waals surface area (Å²) in [6, 6.07) is 3.44. The van der Waals surface area contributed by atoms with Crippen LogP contribution >= 0.6 is 0 Å². The van der Waals surface area contributed by atoms with E-state index in [1.165, 1.54) is 12.3 Å². The first-order valence-electron chi connectivity index (χ1n) is 4.31. The lowest BCUT2D eigenvalue weighted by Crippen LogP contribution is -2.16. The highest BCUT2D eigenvalue weighted by Crippen LogP contribution is 2.15. The minimum Gasteiger partial charge on any atom is -0.396 e. The smallest absolute Gasteiger partial charge is 0.219 e. The molecule has 0 aliphatic rings. The molecule has 0 aliphatic heterocycles. The van der Waals surface area contributed by atoms with Crippen LogP contribution in [0.1, 0.15) is 12.0 Å². The minimum atomic E-state index is -0.394. The van der Waals surface area contributed by atoms with Crippen LogP contribution in [0.5, 0.6) is 0 Å². The highest BCUT2D eigenvalue weighted by molar-refractivity contribution is 5.74. The van der Waals surface area contributed by atoms with Gasteiger partial charge in [-0.05, 0) is 6.07 Å². The number of rotatable bonds is 4. The molecular weight excluding hydrogens is 194 g/mol. The molecule has 1 aromatic rings. The SMILES string of the molecule is N#Cc1cnc(NCCC(N)=O)c(N)c1. The van der Waals surface area contributed by atoms with Gasteiger partial charge in [-0.1, -0.05) is 0 Å². The summed E-state index contributed by atoms with van der Waals surface area (Å²) in [5.74, 6) is 0.0602. The number of nitrogens with two attached hydrogens (primary N) is 2. The van der Waals surface area contributed by atoms with Gasteiger partial charge in [0.25, 0.3) is 0 Å². The van der Waals surface area contributed by atoms with Crippen LogP contribution in [0, 0.1) is 11.3 Å². The van der Waals surface area contributed by atoms with Crippen molar-refractivity contribution in [1.29, 1.82) is 5.26 Å². The molecule has 1 rings (SSSR count). The topological polar surface area (TPSA) is 118 Å². The van der Waals surface area contributed by atoms with Gasteiger partial charge in [0.15, 0.2) is 0 Å². The average Bonchev–Trinajstić information content (AvgIpc) is 2.20. The van der Waals surface area contributed by atoms with Crippen molar-refractivity contribution < 1.29 is 4.79 Å². The van der Waals surface area contributed by atoms with Gasteiger partial charge >= 0.3 is 0 Å². The van der Waals surface area contributed by atoms with Crippen molar-refractivity contribution >= 4 is 17.4 Å². The molecule has 0 unspecified atom stereocenters. The summed E-state index contributed by atoms with van der Waals surface area (Å²) in [7, 11) is 0. The van der Waals surface area contributed by atoms with E-state index in [1.54, 1.807) is 0 Å². The molecule has 1 aromatic heterocycles. The molecule has 0 aliphatic carbocycles. The van der Waals surface area contributed by atoms with Gasteiger partial charge < -0.3 is 16.8 Å². The lowest BCUT2D eigenvalue weighted by molar-refractivity contribution is -0.117. The Morgan fingerprint density at radius 1 is 1.67 bits per heavy atom. The van der Waals surface area contributed by atoms with E-state index in [-0.39, 0.29) is 6.42 Å². The van der Waals surface area contributed by atoms with E-state index < -0.39 is 5.91 Å².